The van der Waals surface area contributed by atoms with Gasteiger partial charge in [-0.2, -0.15) is 0 Å². The monoisotopic (exact) mass is 178 g/mol. The molecule has 2 aliphatic carbocycles. The quantitative estimate of drug-likeness (QED) is 0.521. The number of hydrogen-bond acceptors (Lipinski definition) is 1. The summed E-state index contributed by atoms with van der Waals surface area (Å²) in [6, 6.07) is 0. The zero-order valence-electron chi connectivity index (χ0n) is 8.60. The van der Waals surface area contributed by atoms with Gasteiger partial charge in [-0.05, 0) is 44.9 Å². The van der Waals surface area contributed by atoms with Crippen LogP contribution in [0.3, 0.4) is 0 Å². The zero-order valence-corrected chi connectivity index (χ0v) is 8.60. The maximum Gasteiger partial charge on any atom is 0.133 e. The van der Waals surface area contributed by atoms with Crippen LogP contribution in [0.25, 0.3) is 0 Å². The lowest BCUT2D eigenvalue weighted by atomic mass is 9.69. The fraction of sp³-hybridized carbons (Fsp3) is 0.750. The third kappa shape index (κ3) is 1.70. The number of rotatable bonds is 0. The van der Waals surface area contributed by atoms with Gasteiger partial charge >= 0.3 is 0 Å². The molecule has 2 rings (SSSR count). The van der Waals surface area contributed by atoms with Crippen LogP contribution in [0.2, 0.25) is 0 Å². The molecule has 0 aromatic rings. The van der Waals surface area contributed by atoms with E-state index < -0.39 is 0 Å². The van der Waals surface area contributed by atoms with E-state index in [1.807, 2.05) is 0 Å². The number of allylic oxidation sites excluding steroid dienone is 2. The van der Waals surface area contributed by atoms with E-state index in [0.29, 0.717) is 11.7 Å². The summed E-state index contributed by atoms with van der Waals surface area (Å²) in [5, 5.41) is 0. The summed E-state index contributed by atoms with van der Waals surface area (Å²) in [5.41, 5.74) is 3.12. The van der Waals surface area contributed by atoms with Crippen molar-refractivity contribution >= 4 is 5.78 Å². The molecule has 0 radical (unpaired) electrons. The van der Waals surface area contributed by atoms with Crippen molar-refractivity contribution in [1.29, 1.82) is 0 Å². The van der Waals surface area contributed by atoms with Crippen LogP contribution in [-0.2, 0) is 4.79 Å². The van der Waals surface area contributed by atoms with Gasteiger partial charge in [0.1, 0.15) is 5.78 Å². The molecule has 0 amide bonds. The molecule has 0 aromatic heterocycles. The number of carbonyl (C=O) groups excluding carboxylic acids is 1. The van der Waals surface area contributed by atoms with Crippen molar-refractivity contribution in [3.8, 4) is 0 Å². The second-order valence-corrected chi connectivity index (χ2v) is 4.77. The first-order valence-electron chi connectivity index (χ1n) is 5.33. The van der Waals surface area contributed by atoms with E-state index >= 15 is 0 Å². The Morgan fingerprint density at radius 2 is 1.62 bits per heavy atom. The second kappa shape index (κ2) is 3.28. The van der Waals surface area contributed by atoms with E-state index in [-0.39, 0.29) is 0 Å². The van der Waals surface area contributed by atoms with Gasteiger partial charge in [-0.1, -0.05) is 11.1 Å². The molecular formula is C12H18O. The predicted molar refractivity (Wildman–Crippen MR) is 53.4 cm³/mol. The maximum absolute atomic E-state index is 11.3. The molecule has 0 spiro atoms. The van der Waals surface area contributed by atoms with Gasteiger partial charge in [0.2, 0.25) is 0 Å². The highest BCUT2D eigenvalue weighted by Crippen LogP contribution is 2.41. The molecule has 2 aliphatic rings. The van der Waals surface area contributed by atoms with Crippen LogP contribution in [0.1, 0.15) is 46.0 Å². The molecule has 1 heteroatoms. The predicted octanol–water partition coefficient (Wildman–Crippen LogP) is 3.10. The Morgan fingerprint density at radius 3 is 2.31 bits per heavy atom. The van der Waals surface area contributed by atoms with Gasteiger partial charge in [0.25, 0.3) is 0 Å². The Labute approximate surface area is 80.2 Å². The second-order valence-electron chi connectivity index (χ2n) is 4.77. The molecule has 1 saturated carbocycles. The molecule has 0 saturated heterocycles. The summed E-state index contributed by atoms with van der Waals surface area (Å²) in [6.07, 6.45) is 5.28. The minimum Gasteiger partial charge on any atom is -0.300 e. The highest BCUT2D eigenvalue weighted by molar-refractivity contribution is 5.79. The largest absolute Gasteiger partial charge is 0.300 e. The molecule has 0 aromatic carbocycles. The Balaban J connectivity index is 2.13. The van der Waals surface area contributed by atoms with Gasteiger partial charge in [0.05, 0.1) is 0 Å². The summed E-state index contributed by atoms with van der Waals surface area (Å²) in [4.78, 5) is 11.3. The lowest BCUT2D eigenvalue weighted by molar-refractivity contribution is -0.122. The molecule has 0 heterocycles. The molecule has 13 heavy (non-hydrogen) atoms. The van der Waals surface area contributed by atoms with Crippen LogP contribution in [0.4, 0.5) is 0 Å². The summed E-state index contributed by atoms with van der Waals surface area (Å²) in [7, 11) is 0. The van der Waals surface area contributed by atoms with Crippen molar-refractivity contribution in [1.82, 2.24) is 0 Å². The molecule has 0 N–H and O–H groups in total. The average Bonchev–Trinajstić information content (AvgIpc) is 2.08. The molecular weight excluding hydrogens is 160 g/mol. The first-order valence-corrected chi connectivity index (χ1v) is 5.33. The van der Waals surface area contributed by atoms with Crippen LogP contribution in [0.15, 0.2) is 11.1 Å². The van der Waals surface area contributed by atoms with Crippen molar-refractivity contribution in [2.45, 2.75) is 46.0 Å². The molecule has 1 nitrogen and oxygen atoms in total. The minimum absolute atomic E-state index is 0.494. The topological polar surface area (TPSA) is 17.1 Å². The molecule has 72 valence electrons. The molecule has 1 fully saturated rings. The average molecular weight is 178 g/mol. The summed E-state index contributed by atoms with van der Waals surface area (Å²) in [6.45, 7) is 4.48. The number of carbonyl (C=O) groups is 1. The standard InChI is InChI=1S/C12H18O/c1-8-5-10-3-4-12(13)7-11(10)6-9(8)2/h10-11H,3-7H2,1-2H3/t10-,11+/m1/s1. The van der Waals surface area contributed by atoms with Crippen LogP contribution < -0.4 is 0 Å². The fourth-order valence-electron chi connectivity index (χ4n) is 2.79. The molecule has 0 aliphatic heterocycles. The van der Waals surface area contributed by atoms with Crippen LogP contribution >= 0.6 is 0 Å². The number of fused-ring (bicyclic) bond motifs is 1. The van der Waals surface area contributed by atoms with E-state index in [1.165, 1.54) is 18.4 Å². The van der Waals surface area contributed by atoms with Crippen LogP contribution in [0.5, 0.6) is 0 Å². The first kappa shape index (κ1) is 8.98. The Bertz CT molecular complexity index is 262. The van der Waals surface area contributed by atoms with E-state index in [1.54, 1.807) is 5.57 Å². The zero-order chi connectivity index (χ0) is 9.42. The number of hydrogen-bond donors (Lipinski definition) is 0. The third-order valence-electron chi connectivity index (χ3n) is 3.82. The van der Waals surface area contributed by atoms with Crippen molar-refractivity contribution < 1.29 is 4.79 Å². The number of ketones is 1. The molecule has 0 bridgehead atoms. The van der Waals surface area contributed by atoms with Gasteiger partial charge in [-0.15, -0.1) is 0 Å². The van der Waals surface area contributed by atoms with E-state index in [0.717, 1.165) is 25.2 Å². The van der Waals surface area contributed by atoms with Crippen molar-refractivity contribution in [3.63, 3.8) is 0 Å². The van der Waals surface area contributed by atoms with Gasteiger partial charge in [0, 0.05) is 12.8 Å². The van der Waals surface area contributed by atoms with Gasteiger partial charge < -0.3 is 0 Å². The highest BCUT2D eigenvalue weighted by atomic mass is 16.1. The van der Waals surface area contributed by atoms with E-state index in [4.69, 9.17) is 0 Å². The lowest BCUT2D eigenvalue weighted by Gasteiger charge is -2.35. The molecule has 2 atom stereocenters. The van der Waals surface area contributed by atoms with Crippen LogP contribution in [0, 0.1) is 11.8 Å². The first-order chi connectivity index (χ1) is 6.16. The Hall–Kier alpha value is -0.590. The van der Waals surface area contributed by atoms with Gasteiger partial charge in [-0.25, -0.2) is 0 Å². The van der Waals surface area contributed by atoms with Crippen LogP contribution in [-0.4, -0.2) is 5.78 Å². The van der Waals surface area contributed by atoms with Crippen molar-refractivity contribution in [2.24, 2.45) is 11.8 Å². The third-order valence-corrected chi connectivity index (χ3v) is 3.82. The van der Waals surface area contributed by atoms with Gasteiger partial charge in [0.15, 0.2) is 0 Å². The highest BCUT2D eigenvalue weighted by Gasteiger charge is 2.32. The lowest BCUT2D eigenvalue weighted by Crippen LogP contribution is -2.28. The number of Topliss-reactive ketones (excluding diaryl/α,β-unsaturated/α-hetero) is 1. The van der Waals surface area contributed by atoms with Crippen molar-refractivity contribution in [3.05, 3.63) is 11.1 Å². The van der Waals surface area contributed by atoms with E-state index in [9.17, 15) is 4.79 Å². The van der Waals surface area contributed by atoms with Gasteiger partial charge in [-0.3, -0.25) is 4.79 Å². The Kier molecular flexibility index (Phi) is 2.27. The summed E-state index contributed by atoms with van der Waals surface area (Å²) < 4.78 is 0. The van der Waals surface area contributed by atoms with Crippen molar-refractivity contribution in [2.75, 3.05) is 0 Å². The minimum atomic E-state index is 0.494. The van der Waals surface area contributed by atoms with E-state index in [2.05, 4.69) is 13.8 Å². The maximum atomic E-state index is 11.3. The smallest absolute Gasteiger partial charge is 0.133 e. The SMILES string of the molecule is CC1=C(C)C[C@H]2CC(=O)CC[C@@H]2C1. The summed E-state index contributed by atoms with van der Waals surface area (Å²) in [5.74, 6) is 2.00. The fourth-order valence-corrected chi connectivity index (χ4v) is 2.79. The normalized spacial score (nSPS) is 34.8. The summed E-state index contributed by atoms with van der Waals surface area (Å²) >= 11 is 0. The molecule has 0 unspecified atom stereocenters. The Morgan fingerprint density at radius 1 is 1.00 bits per heavy atom.